The predicted octanol–water partition coefficient (Wildman–Crippen LogP) is 5.84. The third-order valence-corrected chi connectivity index (χ3v) is 5.97. The van der Waals surface area contributed by atoms with Crippen molar-refractivity contribution in [2.45, 2.75) is 33.6 Å². The molecule has 1 N–H and O–H groups in total. The number of benzene rings is 2. The average molecular weight is 477 g/mol. The quantitative estimate of drug-likeness (QED) is 0.328. The summed E-state index contributed by atoms with van der Waals surface area (Å²) in [4.78, 5) is 17.3. The standard InChI is InChI=1S/C26H28N4O3S/c1-5-32-21-12-8-20(9-13-21)23-16-34-26(27-23)30-24(14-18(4)29-30)28-25(31)15-33-22-10-6-19(7-11-22)17(2)3/h6-14,16-17H,5,15H2,1-4H3,(H,28,31). The van der Waals surface area contributed by atoms with Crippen molar-refractivity contribution in [3.05, 3.63) is 71.2 Å². The van der Waals surface area contributed by atoms with Gasteiger partial charge in [-0.2, -0.15) is 9.78 Å². The van der Waals surface area contributed by atoms with Gasteiger partial charge < -0.3 is 14.8 Å². The number of nitrogens with zero attached hydrogens (tertiary/aromatic N) is 3. The van der Waals surface area contributed by atoms with Gasteiger partial charge in [0.1, 0.15) is 17.3 Å². The second-order valence-corrected chi connectivity index (χ2v) is 8.95. The van der Waals surface area contributed by atoms with Crippen LogP contribution in [0.4, 0.5) is 5.82 Å². The van der Waals surface area contributed by atoms with Gasteiger partial charge in [0, 0.05) is 17.0 Å². The second kappa shape index (κ2) is 10.5. The maximum absolute atomic E-state index is 12.6. The molecule has 0 spiro atoms. The van der Waals surface area contributed by atoms with Crippen LogP contribution in [0.15, 0.2) is 60.0 Å². The fourth-order valence-electron chi connectivity index (χ4n) is 3.39. The van der Waals surface area contributed by atoms with Gasteiger partial charge in [-0.15, -0.1) is 11.3 Å². The molecule has 0 atom stereocenters. The van der Waals surface area contributed by atoms with Gasteiger partial charge in [-0.3, -0.25) is 4.79 Å². The first-order chi connectivity index (χ1) is 16.4. The molecule has 0 bridgehead atoms. The molecule has 176 valence electrons. The number of aryl methyl sites for hydroxylation is 1. The SMILES string of the molecule is CCOc1ccc(-c2csc(-n3nc(C)cc3NC(=O)COc3ccc(C(C)C)cc3)n2)cc1. The van der Waals surface area contributed by atoms with Gasteiger partial charge in [-0.25, -0.2) is 4.98 Å². The highest BCUT2D eigenvalue weighted by Gasteiger charge is 2.15. The molecule has 0 saturated heterocycles. The van der Waals surface area contributed by atoms with Crippen LogP contribution in [0.5, 0.6) is 11.5 Å². The molecule has 4 rings (SSSR count). The van der Waals surface area contributed by atoms with Crippen molar-refractivity contribution in [1.29, 1.82) is 0 Å². The summed E-state index contributed by atoms with van der Waals surface area (Å²) < 4.78 is 12.8. The molecule has 0 aliphatic rings. The lowest BCUT2D eigenvalue weighted by molar-refractivity contribution is -0.118. The highest BCUT2D eigenvalue weighted by Crippen LogP contribution is 2.28. The number of amides is 1. The van der Waals surface area contributed by atoms with Crippen molar-refractivity contribution in [2.75, 3.05) is 18.5 Å². The molecular weight excluding hydrogens is 448 g/mol. The molecule has 0 fully saturated rings. The van der Waals surface area contributed by atoms with E-state index in [4.69, 9.17) is 14.5 Å². The first kappa shape index (κ1) is 23.5. The molecule has 0 radical (unpaired) electrons. The largest absolute Gasteiger partial charge is 0.494 e. The lowest BCUT2D eigenvalue weighted by Gasteiger charge is -2.10. The first-order valence-corrected chi connectivity index (χ1v) is 12.1. The van der Waals surface area contributed by atoms with E-state index in [0.717, 1.165) is 22.7 Å². The summed E-state index contributed by atoms with van der Waals surface area (Å²) in [5, 5.41) is 10.0. The summed E-state index contributed by atoms with van der Waals surface area (Å²) >= 11 is 1.46. The number of hydrogen-bond acceptors (Lipinski definition) is 6. The minimum Gasteiger partial charge on any atom is -0.494 e. The number of rotatable bonds is 9. The van der Waals surface area contributed by atoms with E-state index in [-0.39, 0.29) is 12.5 Å². The van der Waals surface area contributed by atoms with Gasteiger partial charge in [0.15, 0.2) is 6.61 Å². The Morgan fingerprint density at radius 2 is 1.74 bits per heavy atom. The van der Waals surface area contributed by atoms with Gasteiger partial charge in [-0.05, 0) is 61.7 Å². The Bertz CT molecular complexity index is 1240. The van der Waals surface area contributed by atoms with Gasteiger partial charge in [-0.1, -0.05) is 26.0 Å². The highest BCUT2D eigenvalue weighted by molar-refractivity contribution is 7.12. The zero-order chi connectivity index (χ0) is 24.1. The number of carbonyl (C=O) groups excluding carboxylic acids is 1. The number of nitrogens with one attached hydrogen (secondary N) is 1. The van der Waals surface area contributed by atoms with Crippen LogP contribution in [0.2, 0.25) is 0 Å². The smallest absolute Gasteiger partial charge is 0.263 e. The molecule has 4 aromatic rings. The molecule has 7 nitrogen and oxygen atoms in total. The van der Waals surface area contributed by atoms with E-state index in [1.54, 1.807) is 4.68 Å². The first-order valence-electron chi connectivity index (χ1n) is 11.2. The summed E-state index contributed by atoms with van der Waals surface area (Å²) in [5.41, 5.74) is 3.82. The van der Waals surface area contributed by atoms with Crippen LogP contribution in [-0.4, -0.2) is 33.9 Å². The van der Waals surface area contributed by atoms with Gasteiger partial charge in [0.05, 0.1) is 18.0 Å². The van der Waals surface area contributed by atoms with Crippen molar-refractivity contribution < 1.29 is 14.3 Å². The van der Waals surface area contributed by atoms with E-state index in [1.807, 2.05) is 73.8 Å². The van der Waals surface area contributed by atoms with Crippen LogP contribution in [0.3, 0.4) is 0 Å². The molecule has 2 heterocycles. The molecule has 8 heteroatoms. The zero-order valence-electron chi connectivity index (χ0n) is 19.7. The predicted molar refractivity (Wildman–Crippen MR) is 135 cm³/mol. The van der Waals surface area contributed by atoms with E-state index in [1.165, 1.54) is 16.9 Å². The van der Waals surface area contributed by atoms with Crippen molar-refractivity contribution in [2.24, 2.45) is 0 Å². The number of aromatic nitrogens is 3. The van der Waals surface area contributed by atoms with Crippen molar-refractivity contribution in [3.63, 3.8) is 0 Å². The Morgan fingerprint density at radius 3 is 2.41 bits per heavy atom. The number of anilines is 1. The van der Waals surface area contributed by atoms with Crippen LogP contribution in [0.1, 0.15) is 37.9 Å². The summed E-state index contributed by atoms with van der Waals surface area (Å²) in [6, 6.07) is 17.4. The van der Waals surface area contributed by atoms with E-state index in [9.17, 15) is 4.79 Å². The normalized spacial score (nSPS) is 11.0. The fourth-order valence-corrected chi connectivity index (χ4v) is 4.19. The van der Waals surface area contributed by atoms with E-state index >= 15 is 0 Å². The Hall–Kier alpha value is -3.65. The zero-order valence-corrected chi connectivity index (χ0v) is 20.6. The monoisotopic (exact) mass is 476 g/mol. The number of carbonyl (C=O) groups is 1. The van der Waals surface area contributed by atoms with Gasteiger partial charge in [0.2, 0.25) is 5.13 Å². The van der Waals surface area contributed by atoms with Crippen molar-refractivity contribution >= 4 is 23.1 Å². The number of hydrogen-bond donors (Lipinski definition) is 1. The molecule has 0 saturated carbocycles. The minimum atomic E-state index is -0.266. The van der Waals surface area contributed by atoms with Crippen LogP contribution in [0.25, 0.3) is 16.4 Å². The van der Waals surface area contributed by atoms with Crippen LogP contribution in [0, 0.1) is 6.92 Å². The molecule has 0 unspecified atom stereocenters. The van der Waals surface area contributed by atoms with Crippen LogP contribution >= 0.6 is 11.3 Å². The lowest BCUT2D eigenvalue weighted by Crippen LogP contribution is -2.21. The van der Waals surface area contributed by atoms with Crippen LogP contribution < -0.4 is 14.8 Å². The molecule has 1 amide bonds. The lowest BCUT2D eigenvalue weighted by atomic mass is 10.0. The average Bonchev–Trinajstić information content (AvgIpc) is 3.45. The molecular formula is C26H28N4O3S. The van der Waals surface area contributed by atoms with E-state index in [2.05, 4.69) is 24.3 Å². The molecule has 2 aromatic carbocycles. The minimum absolute atomic E-state index is 0.0967. The summed E-state index contributed by atoms with van der Waals surface area (Å²) in [6.07, 6.45) is 0. The molecule has 34 heavy (non-hydrogen) atoms. The fraction of sp³-hybridized carbons (Fsp3) is 0.269. The summed E-state index contributed by atoms with van der Waals surface area (Å²) in [5.74, 6) is 2.21. The molecule has 0 aliphatic heterocycles. The maximum atomic E-state index is 12.6. The third kappa shape index (κ3) is 5.63. The number of ether oxygens (including phenoxy) is 2. The summed E-state index contributed by atoms with van der Waals surface area (Å²) in [7, 11) is 0. The van der Waals surface area contributed by atoms with Gasteiger partial charge >= 0.3 is 0 Å². The van der Waals surface area contributed by atoms with Crippen molar-refractivity contribution in [1.82, 2.24) is 14.8 Å². The third-order valence-electron chi connectivity index (χ3n) is 5.15. The highest BCUT2D eigenvalue weighted by atomic mass is 32.1. The van der Waals surface area contributed by atoms with E-state index in [0.29, 0.717) is 29.2 Å². The number of thiazole rings is 1. The Labute approximate surface area is 203 Å². The van der Waals surface area contributed by atoms with Gasteiger partial charge in [0.25, 0.3) is 5.91 Å². The Morgan fingerprint density at radius 1 is 1.06 bits per heavy atom. The summed E-state index contributed by atoms with van der Waals surface area (Å²) in [6.45, 7) is 8.64. The van der Waals surface area contributed by atoms with Crippen LogP contribution in [-0.2, 0) is 4.79 Å². The molecule has 0 aliphatic carbocycles. The Balaban J connectivity index is 1.43. The maximum Gasteiger partial charge on any atom is 0.263 e. The van der Waals surface area contributed by atoms with Crippen molar-refractivity contribution in [3.8, 4) is 27.9 Å². The topological polar surface area (TPSA) is 78.3 Å². The molecule has 2 aromatic heterocycles. The van der Waals surface area contributed by atoms with E-state index < -0.39 is 0 Å². The second-order valence-electron chi connectivity index (χ2n) is 8.12. The Kier molecular flexibility index (Phi) is 7.27.